The number of rotatable bonds is 5. The summed E-state index contributed by atoms with van der Waals surface area (Å²) >= 11 is 0. The van der Waals surface area contributed by atoms with Gasteiger partial charge in [-0.25, -0.2) is 0 Å². The standard InChI is InChI=1S/C18H33N3O2/c1-4-5-6-17(22)20-9-7-19(8-10-20)14-18(23)21-12-15(2)11-16(3)13-21/h15-16H,4-14H2,1-3H3. The van der Waals surface area contributed by atoms with Gasteiger partial charge in [0.2, 0.25) is 11.8 Å². The second kappa shape index (κ2) is 8.67. The minimum atomic E-state index is 0.258. The van der Waals surface area contributed by atoms with E-state index in [1.54, 1.807) is 0 Å². The van der Waals surface area contributed by atoms with Crippen LogP contribution in [0.5, 0.6) is 0 Å². The maximum atomic E-state index is 12.5. The van der Waals surface area contributed by atoms with E-state index in [1.807, 2.05) is 9.80 Å². The fourth-order valence-corrected chi connectivity index (χ4v) is 3.80. The van der Waals surface area contributed by atoms with E-state index in [0.717, 1.165) is 52.1 Å². The molecular weight excluding hydrogens is 290 g/mol. The van der Waals surface area contributed by atoms with E-state index < -0.39 is 0 Å². The van der Waals surface area contributed by atoms with Crippen molar-refractivity contribution in [2.75, 3.05) is 45.8 Å². The quantitative estimate of drug-likeness (QED) is 0.775. The van der Waals surface area contributed by atoms with E-state index >= 15 is 0 Å². The number of nitrogens with zero attached hydrogens (tertiary/aromatic N) is 3. The second-order valence-electron chi connectivity index (χ2n) is 7.51. The minimum Gasteiger partial charge on any atom is -0.341 e. The van der Waals surface area contributed by atoms with Crippen molar-refractivity contribution in [3.63, 3.8) is 0 Å². The SMILES string of the molecule is CCCCC(=O)N1CCN(CC(=O)N2CC(C)CC(C)C2)CC1. The van der Waals surface area contributed by atoms with Crippen LogP contribution in [0, 0.1) is 11.8 Å². The van der Waals surface area contributed by atoms with Crippen molar-refractivity contribution in [3.05, 3.63) is 0 Å². The predicted octanol–water partition coefficient (Wildman–Crippen LogP) is 1.83. The van der Waals surface area contributed by atoms with Crippen LogP contribution in [0.1, 0.15) is 46.5 Å². The van der Waals surface area contributed by atoms with Gasteiger partial charge >= 0.3 is 0 Å². The van der Waals surface area contributed by atoms with Gasteiger partial charge < -0.3 is 9.80 Å². The Kier molecular flexibility index (Phi) is 6.88. The topological polar surface area (TPSA) is 43.9 Å². The van der Waals surface area contributed by atoms with Gasteiger partial charge in [0, 0.05) is 45.7 Å². The number of carbonyl (C=O) groups is 2. The average molecular weight is 323 g/mol. The lowest BCUT2D eigenvalue weighted by Crippen LogP contribution is -2.53. The zero-order valence-electron chi connectivity index (χ0n) is 15.1. The highest BCUT2D eigenvalue weighted by atomic mass is 16.2. The normalized spacial score (nSPS) is 26.4. The molecule has 2 fully saturated rings. The molecular formula is C18H33N3O2. The summed E-state index contributed by atoms with van der Waals surface area (Å²) in [5.41, 5.74) is 0. The maximum absolute atomic E-state index is 12.5. The van der Waals surface area contributed by atoms with E-state index in [1.165, 1.54) is 6.42 Å². The smallest absolute Gasteiger partial charge is 0.236 e. The number of unbranched alkanes of at least 4 members (excludes halogenated alkanes) is 1. The number of hydrogen-bond acceptors (Lipinski definition) is 3. The van der Waals surface area contributed by atoms with Crippen molar-refractivity contribution in [2.45, 2.75) is 46.5 Å². The Labute approximate surface area is 141 Å². The molecule has 2 saturated heterocycles. The van der Waals surface area contributed by atoms with E-state index in [2.05, 4.69) is 25.7 Å². The molecule has 2 aliphatic rings. The Morgan fingerprint density at radius 1 is 0.913 bits per heavy atom. The fraction of sp³-hybridized carbons (Fsp3) is 0.889. The third-order valence-electron chi connectivity index (χ3n) is 5.05. The molecule has 0 aromatic carbocycles. The van der Waals surface area contributed by atoms with Crippen molar-refractivity contribution < 1.29 is 9.59 Å². The monoisotopic (exact) mass is 323 g/mol. The van der Waals surface area contributed by atoms with Crippen molar-refractivity contribution in [1.29, 1.82) is 0 Å². The first-order chi connectivity index (χ1) is 11.0. The van der Waals surface area contributed by atoms with Gasteiger partial charge in [0.1, 0.15) is 0 Å². The summed E-state index contributed by atoms with van der Waals surface area (Å²) in [7, 11) is 0. The molecule has 2 atom stereocenters. The molecule has 0 aliphatic carbocycles. The molecule has 0 radical (unpaired) electrons. The molecule has 5 heteroatoms. The molecule has 0 spiro atoms. The van der Waals surface area contributed by atoms with Gasteiger partial charge in [0.15, 0.2) is 0 Å². The lowest BCUT2D eigenvalue weighted by molar-refractivity contribution is -0.136. The first kappa shape index (κ1) is 18.2. The number of piperidine rings is 1. The third-order valence-corrected chi connectivity index (χ3v) is 5.05. The Morgan fingerprint density at radius 3 is 2.09 bits per heavy atom. The van der Waals surface area contributed by atoms with Gasteiger partial charge in [-0.05, 0) is 24.7 Å². The molecule has 2 rings (SSSR count). The summed E-state index contributed by atoms with van der Waals surface area (Å²) in [6.45, 7) is 12.1. The van der Waals surface area contributed by atoms with Crippen LogP contribution in [-0.2, 0) is 9.59 Å². The van der Waals surface area contributed by atoms with Crippen molar-refractivity contribution >= 4 is 11.8 Å². The zero-order valence-corrected chi connectivity index (χ0v) is 15.1. The van der Waals surface area contributed by atoms with Crippen LogP contribution < -0.4 is 0 Å². The molecule has 0 N–H and O–H groups in total. The molecule has 0 saturated carbocycles. The van der Waals surface area contributed by atoms with Crippen LogP contribution >= 0.6 is 0 Å². The molecule has 0 aromatic rings. The zero-order chi connectivity index (χ0) is 16.8. The minimum absolute atomic E-state index is 0.258. The van der Waals surface area contributed by atoms with Crippen LogP contribution in [0.2, 0.25) is 0 Å². The first-order valence-corrected chi connectivity index (χ1v) is 9.27. The van der Waals surface area contributed by atoms with Gasteiger partial charge in [0.05, 0.1) is 6.54 Å². The lowest BCUT2D eigenvalue weighted by Gasteiger charge is -2.38. The Bertz CT molecular complexity index is 395. The van der Waals surface area contributed by atoms with Crippen LogP contribution in [0.4, 0.5) is 0 Å². The van der Waals surface area contributed by atoms with Gasteiger partial charge in [-0.3, -0.25) is 14.5 Å². The summed E-state index contributed by atoms with van der Waals surface area (Å²) in [5.74, 6) is 1.75. The Morgan fingerprint density at radius 2 is 1.52 bits per heavy atom. The van der Waals surface area contributed by atoms with Crippen molar-refractivity contribution in [2.24, 2.45) is 11.8 Å². The summed E-state index contributed by atoms with van der Waals surface area (Å²) < 4.78 is 0. The van der Waals surface area contributed by atoms with Crippen molar-refractivity contribution in [3.8, 4) is 0 Å². The van der Waals surface area contributed by atoms with E-state index in [9.17, 15) is 9.59 Å². The van der Waals surface area contributed by atoms with Crippen LogP contribution in [0.15, 0.2) is 0 Å². The van der Waals surface area contributed by atoms with E-state index in [4.69, 9.17) is 0 Å². The molecule has 0 aromatic heterocycles. The Hall–Kier alpha value is -1.10. The molecule has 5 nitrogen and oxygen atoms in total. The third kappa shape index (κ3) is 5.48. The number of likely N-dealkylation sites (tertiary alicyclic amines) is 1. The summed E-state index contributed by atoms with van der Waals surface area (Å²) in [5, 5.41) is 0. The fourth-order valence-electron chi connectivity index (χ4n) is 3.80. The largest absolute Gasteiger partial charge is 0.341 e. The van der Waals surface area contributed by atoms with Gasteiger partial charge in [0.25, 0.3) is 0 Å². The molecule has 132 valence electrons. The summed E-state index contributed by atoms with van der Waals surface area (Å²) in [6, 6.07) is 0. The number of carbonyl (C=O) groups excluding carboxylic acids is 2. The van der Waals surface area contributed by atoms with Crippen LogP contribution in [0.3, 0.4) is 0 Å². The molecule has 23 heavy (non-hydrogen) atoms. The van der Waals surface area contributed by atoms with E-state index in [0.29, 0.717) is 24.8 Å². The predicted molar refractivity (Wildman–Crippen MR) is 92.1 cm³/mol. The molecule has 2 aliphatic heterocycles. The Balaban J connectivity index is 1.73. The summed E-state index contributed by atoms with van der Waals surface area (Å²) in [4.78, 5) is 30.8. The van der Waals surface area contributed by atoms with Crippen LogP contribution in [0.25, 0.3) is 0 Å². The highest BCUT2D eigenvalue weighted by Crippen LogP contribution is 2.21. The van der Waals surface area contributed by atoms with Gasteiger partial charge in [-0.15, -0.1) is 0 Å². The number of piperazine rings is 1. The molecule has 0 bridgehead atoms. The second-order valence-corrected chi connectivity index (χ2v) is 7.51. The highest BCUT2D eigenvalue weighted by Gasteiger charge is 2.28. The highest BCUT2D eigenvalue weighted by molar-refractivity contribution is 5.78. The molecule has 2 unspecified atom stereocenters. The molecule has 2 amide bonds. The van der Waals surface area contributed by atoms with E-state index in [-0.39, 0.29) is 11.8 Å². The van der Waals surface area contributed by atoms with Gasteiger partial charge in [-0.2, -0.15) is 0 Å². The van der Waals surface area contributed by atoms with Gasteiger partial charge in [-0.1, -0.05) is 27.2 Å². The average Bonchev–Trinajstić information content (AvgIpc) is 2.52. The number of hydrogen-bond donors (Lipinski definition) is 0. The first-order valence-electron chi connectivity index (χ1n) is 9.27. The molecule has 2 heterocycles. The lowest BCUT2D eigenvalue weighted by atomic mass is 9.92. The maximum Gasteiger partial charge on any atom is 0.236 e. The van der Waals surface area contributed by atoms with Crippen molar-refractivity contribution in [1.82, 2.24) is 14.7 Å². The summed E-state index contributed by atoms with van der Waals surface area (Å²) in [6.07, 6.45) is 3.93. The van der Waals surface area contributed by atoms with Crippen LogP contribution in [-0.4, -0.2) is 72.3 Å². The number of amides is 2.